The molecule has 0 heterocycles. The molecule has 0 unspecified atom stereocenters. The predicted molar refractivity (Wildman–Crippen MR) is 99.6 cm³/mol. The van der Waals surface area contributed by atoms with E-state index in [0.717, 1.165) is 6.07 Å². The molecule has 154 valence electrons. The van der Waals surface area contributed by atoms with Crippen LogP contribution in [0.3, 0.4) is 0 Å². The number of nitrogens with one attached hydrogen (secondary N) is 1. The second kappa shape index (κ2) is 9.63. The first-order valence-corrected chi connectivity index (χ1v) is 8.47. The monoisotopic (exact) mass is 407 g/mol. The van der Waals surface area contributed by atoms with Gasteiger partial charge in [0.2, 0.25) is 0 Å². The zero-order valence-electron chi connectivity index (χ0n) is 15.9. The number of halogens is 2. The highest BCUT2D eigenvalue weighted by molar-refractivity contribution is 5.98. The molecule has 0 aliphatic heterocycles. The number of rotatable bonds is 8. The number of esters is 1. The van der Waals surface area contributed by atoms with E-state index >= 15 is 0 Å². The Morgan fingerprint density at radius 1 is 0.966 bits per heavy atom. The molecule has 0 aliphatic carbocycles. The van der Waals surface area contributed by atoms with Gasteiger partial charge in [0.05, 0.1) is 12.7 Å². The van der Waals surface area contributed by atoms with Crippen LogP contribution in [0.15, 0.2) is 42.5 Å². The second-order valence-electron chi connectivity index (χ2n) is 5.91. The SMILES string of the molecule is COc1cc(C(=O)O[C@H](C)C(=O)Nc2ccc(C(C)=O)cc2)ccc1OC(F)F. The van der Waals surface area contributed by atoms with Crippen LogP contribution in [0.1, 0.15) is 34.6 Å². The van der Waals surface area contributed by atoms with Gasteiger partial charge < -0.3 is 19.5 Å². The topological polar surface area (TPSA) is 90.9 Å². The minimum Gasteiger partial charge on any atom is -0.493 e. The highest BCUT2D eigenvalue weighted by Crippen LogP contribution is 2.29. The Bertz CT molecular complexity index is 898. The lowest BCUT2D eigenvalue weighted by Crippen LogP contribution is -2.30. The molecule has 0 aliphatic rings. The Balaban J connectivity index is 2.02. The number of amides is 1. The van der Waals surface area contributed by atoms with Gasteiger partial charge in [0.1, 0.15) is 0 Å². The first-order valence-electron chi connectivity index (χ1n) is 8.47. The predicted octanol–water partition coefficient (Wildman–Crippen LogP) is 3.68. The first kappa shape index (κ1) is 21.8. The summed E-state index contributed by atoms with van der Waals surface area (Å²) in [6, 6.07) is 9.75. The number of hydrogen-bond acceptors (Lipinski definition) is 6. The summed E-state index contributed by atoms with van der Waals surface area (Å²) in [6.45, 7) is -0.242. The van der Waals surface area contributed by atoms with E-state index < -0.39 is 24.6 Å². The number of carbonyl (C=O) groups excluding carboxylic acids is 3. The van der Waals surface area contributed by atoms with E-state index in [1.165, 1.54) is 33.1 Å². The van der Waals surface area contributed by atoms with Crippen LogP contribution >= 0.6 is 0 Å². The first-order chi connectivity index (χ1) is 13.7. The molecule has 9 heteroatoms. The number of alkyl halides is 2. The summed E-state index contributed by atoms with van der Waals surface area (Å²) < 4.78 is 39.0. The average Bonchev–Trinajstić information content (AvgIpc) is 2.68. The van der Waals surface area contributed by atoms with Crippen molar-refractivity contribution in [3.8, 4) is 11.5 Å². The van der Waals surface area contributed by atoms with Gasteiger partial charge in [0.15, 0.2) is 23.4 Å². The molecular formula is C20H19F2NO6. The van der Waals surface area contributed by atoms with Gasteiger partial charge in [-0.2, -0.15) is 8.78 Å². The van der Waals surface area contributed by atoms with Crippen LogP contribution in [0.4, 0.5) is 14.5 Å². The van der Waals surface area contributed by atoms with Crippen LogP contribution in [0.5, 0.6) is 11.5 Å². The molecule has 29 heavy (non-hydrogen) atoms. The van der Waals surface area contributed by atoms with Gasteiger partial charge in [-0.05, 0) is 56.3 Å². The third-order valence-electron chi connectivity index (χ3n) is 3.83. The van der Waals surface area contributed by atoms with Crippen LogP contribution < -0.4 is 14.8 Å². The Morgan fingerprint density at radius 2 is 1.59 bits per heavy atom. The van der Waals surface area contributed by atoms with Gasteiger partial charge in [-0.15, -0.1) is 0 Å². The Morgan fingerprint density at radius 3 is 2.14 bits per heavy atom. The highest BCUT2D eigenvalue weighted by Gasteiger charge is 2.21. The van der Waals surface area contributed by atoms with Crippen LogP contribution in [0.2, 0.25) is 0 Å². The highest BCUT2D eigenvalue weighted by atomic mass is 19.3. The number of benzene rings is 2. The van der Waals surface area contributed by atoms with Crippen molar-refractivity contribution in [1.82, 2.24) is 0 Å². The largest absolute Gasteiger partial charge is 0.493 e. The van der Waals surface area contributed by atoms with E-state index in [1.54, 1.807) is 24.3 Å². The van der Waals surface area contributed by atoms with Crippen molar-refractivity contribution in [2.24, 2.45) is 0 Å². The van der Waals surface area contributed by atoms with Gasteiger partial charge in [-0.25, -0.2) is 4.79 Å². The number of anilines is 1. The lowest BCUT2D eigenvalue weighted by Gasteiger charge is -2.15. The summed E-state index contributed by atoms with van der Waals surface area (Å²) in [5.74, 6) is -1.85. The van der Waals surface area contributed by atoms with E-state index in [0.29, 0.717) is 11.3 Å². The second-order valence-corrected chi connectivity index (χ2v) is 5.91. The van der Waals surface area contributed by atoms with Crippen LogP contribution in [0.25, 0.3) is 0 Å². The summed E-state index contributed by atoms with van der Waals surface area (Å²) in [4.78, 5) is 35.7. The van der Waals surface area contributed by atoms with E-state index in [2.05, 4.69) is 10.1 Å². The smallest absolute Gasteiger partial charge is 0.387 e. The van der Waals surface area contributed by atoms with Crippen LogP contribution in [-0.2, 0) is 9.53 Å². The summed E-state index contributed by atoms with van der Waals surface area (Å²) in [5, 5.41) is 2.56. The maximum absolute atomic E-state index is 12.4. The van der Waals surface area contributed by atoms with Crippen molar-refractivity contribution in [2.75, 3.05) is 12.4 Å². The van der Waals surface area contributed by atoms with E-state index in [9.17, 15) is 23.2 Å². The number of ether oxygens (including phenoxy) is 3. The molecule has 0 bridgehead atoms. The quantitative estimate of drug-likeness (QED) is 0.530. The third-order valence-corrected chi connectivity index (χ3v) is 3.83. The van der Waals surface area contributed by atoms with E-state index in [1.807, 2.05) is 0 Å². The van der Waals surface area contributed by atoms with Crippen molar-refractivity contribution in [3.05, 3.63) is 53.6 Å². The van der Waals surface area contributed by atoms with Gasteiger partial charge in [-0.1, -0.05) is 0 Å². The number of hydrogen-bond donors (Lipinski definition) is 1. The Labute approximate surface area is 165 Å². The molecule has 2 aromatic carbocycles. The fourth-order valence-electron chi connectivity index (χ4n) is 2.30. The lowest BCUT2D eigenvalue weighted by molar-refractivity contribution is -0.123. The van der Waals surface area contributed by atoms with Gasteiger partial charge in [-0.3, -0.25) is 9.59 Å². The molecule has 7 nitrogen and oxygen atoms in total. The standard InChI is InChI=1S/C20H19F2NO6/c1-11(24)13-4-7-15(8-5-13)23-18(25)12(2)28-19(26)14-6-9-16(29-20(21)22)17(10-14)27-3/h4-10,12,20H,1-3H3,(H,23,25)/t12-/m1/s1. The minimum atomic E-state index is -3.05. The average molecular weight is 407 g/mol. The molecule has 0 saturated carbocycles. The Hall–Kier alpha value is -3.49. The molecule has 0 saturated heterocycles. The molecule has 1 amide bonds. The summed E-state index contributed by atoms with van der Waals surface area (Å²) in [7, 11) is 1.23. The summed E-state index contributed by atoms with van der Waals surface area (Å²) in [6.07, 6.45) is -1.14. The van der Waals surface area contributed by atoms with Crippen molar-refractivity contribution in [2.45, 2.75) is 26.6 Å². The number of methoxy groups -OCH3 is 1. The van der Waals surface area contributed by atoms with Gasteiger partial charge >= 0.3 is 12.6 Å². The molecule has 0 radical (unpaired) electrons. The zero-order valence-corrected chi connectivity index (χ0v) is 15.9. The molecule has 0 spiro atoms. The maximum Gasteiger partial charge on any atom is 0.387 e. The normalized spacial score (nSPS) is 11.5. The molecule has 1 atom stereocenters. The number of carbonyl (C=O) groups is 3. The van der Waals surface area contributed by atoms with Gasteiger partial charge in [0.25, 0.3) is 5.91 Å². The van der Waals surface area contributed by atoms with Crippen molar-refractivity contribution in [3.63, 3.8) is 0 Å². The number of ketones is 1. The molecule has 0 aromatic heterocycles. The van der Waals surface area contributed by atoms with Gasteiger partial charge in [0, 0.05) is 11.3 Å². The van der Waals surface area contributed by atoms with E-state index in [-0.39, 0.29) is 22.8 Å². The lowest BCUT2D eigenvalue weighted by atomic mass is 10.1. The van der Waals surface area contributed by atoms with E-state index in [4.69, 9.17) is 9.47 Å². The molecule has 0 fully saturated rings. The fraction of sp³-hybridized carbons (Fsp3) is 0.250. The fourth-order valence-corrected chi connectivity index (χ4v) is 2.30. The van der Waals surface area contributed by atoms with Crippen molar-refractivity contribution >= 4 is 23.3 Å². The minimum absolute atomic E-state index is 0.00562. The molecule has 2 rings (SSSR count). The van der Waals surface area contributed by atoms with Crippen molar-refractivity contribution < 1.29 is 37.4 Å². The molecular weight excluding hydrogens is 388 g/mol. The maximum atomic E-state index is 12.4. The third kappa shape index (κ3) is 6.00. The Kier molecular flexibility index (Phi) is 7.24. The zero-order chi connectivity index (χ0) is 21.6. The summed E-state index contributed by atoms with van der Waals surface area (Å²) >= 11 is 0. The van der Waals surface area contributed by atoms with Crippen molar-refractivity contribution in [1.29, 1.82) is 0 Å². The number of Topliss-reactive ketones (excluding diaryl/α,β-unsaturated/α-hetero) is 1. The van der Waals surface area contributed by atoms with Crippen LogP contribution in [-0.4, -0.2) is 37.5 Å². The summed E-state index contributed by atoms with van der Waals surface area (Å²) in [5.41, 5.74) is 0.919. The molecule has 2 aromatic rings. The molecule has 1 N–H and O–H groups in total. The van der Waals surface area contributed by atoms with Crippen LogP contribution in [0, 0.1) is 0 Å².